The third-order valence-electron chi connectivity index (χ3n) is 1.54. The van der Waals surface area contributed by atoms with Crippen molar-refractivity contribution in [2.24, 2.45) is 0 Å². The summed E-state index contributed by atoms with van der Waals surface area (Å²) in [5.41, 5.74) is 0.546. The van der Waals surface area contributed by atoms with Crippen LogP contribution in [0.4, 0.5) is 0 Å². The van der Waals surface area contributed by atoms with Crippen LogP contribution in [0, 0.1) is 0 Å². The van der Waals surface area contributed by atoms with Crippen molar-refractivity contribution in [1.82, 2.24) is 0 Å². The Morgan fingerprint density at radius 2 is 1.21 bits per heavy atom. The van der Waals surface area contributed by atoms with Crippen LogP contribution in [0.3, 0.4) is 0 Å². The summed E-state index contributed by atoms with van der Waals surface area (Å²) < 4.78 is 0. The molecule has 2 aromatic carbocycles. The molecule has 2 aromatic rings. The van der Waals surface area contributed by atoms with Crippen LogP contribution in [0.5, 0.6) is 0 Å². The molecule has 4 heteroatoms. The minimum atomic E-state index is -1.31. The molecule has 2 N–H and O–H groups in total. The molecule has 0 unspecified atom stereocenters. The topological polar surface area (TPSA) is 40.5 Å². The Kier molecular flexibility index (Phi) is 7.16. The summed E-state index contributed by atoms with van der Waals surface area (Å²) in [5.74, 6) is 0. The Morgan fingerprint density at radius 3 is 1.43 bits per heavy atom. The molecule has 0 spiro atoms. The normalized spacial score (nSPS) is 8.14. The van der Waals surface area contributed by atoms with Gasteiger partial charge in [0.1, 0.15) is 0 Å². The van der Waals surface area contributed by atoms with Gasteiger partial charge in [-0.15, -0.1) is 5.46 Å². The van der Waals surface area contributed by atoms with E-state index in [-0.39, 0.29) is 17.1 Å². The first kappa shape index (κ1) is 13.2. The third kappa shape index (κ3) is 5.05. The first-order valence-corrected chi connectivity index (χ1v) is 4.05. The van der Waals surface area contributed by atoms with Crippen molar-refractivity contribution in [1.29, 1.82) is 0 Å². The van der Waals surface area contributed by atoms with E-state index in [4.69, 9.17) is 10.0 Å². The standard InChI is InChI=1S/C5H6BO2.C5H5.Fe/c7-6(8)5-3-1-2-4-5;1-2-4-5-3-1;/h1-4,7-8H;1-5H;/q-1;-5;. The zero-order chi connectivity index (χ0) is 9.52. The van der Waals surface area contributed by atoms with Crippen LogP contribution in [0.25, 0.3) is 0 Å². The summed E-state index contributed by atoms with van der Waals surface area (Å²) in [4.78, 5) is 0. The van der Waals surface area contributed by atoms with E-state index >= 15 is 0 Å². The molecule has 0 saturated heterocycles. The molecule has 2 nitrogen and oxygen atoms in total. The summed E-state index contributed by atoms with van der Waals surface area (Å²) in [6.45, 7) is 0. The Morgan fingerprint density at radius 1 is 0.857 bits per heavy atom. The van der Waals surface area contributed by atoms with Gasteiger partial charge in [0.25, 0.3) is 0 Å². The van der Waals surface area contributed by atoms with Gasteiger partial charge in [-0.2, -0.15) is 12.1 Å². The minimum Gasteiger partial charge on any atom is -0.748 e. The average molecular weight is 230 g/mol. The molecule has 0 saturated carbocycles. The summed E-state index contributed by atoms with van der Waals surface area (Å²) in [6.07, 6.45) is 0. The molecule has 0 aromatic heterocycles. The summed E-state index contributed by atoms with van der Waals surface area (Å²) in [6, 6.07) is 16.8. The maximum Gasteiger partial charge on any atom is 0.412 e. The van der Waals surface area contributed by atoms with Crippen molar-refractivity contribution in [3.8, 4) is 0 Å². The van der Waals surface area contributed by atoms with Crippen molar-refractivity contribution in [3.05, 3.63) is 54.6 Å². The van der Waals surface area contributed by atoms with Crippen LogP contribution in [0.2, 0.25) is 0 Å². The molecule has 2 rings (SSSR count). The number of hydrogen-bond acceptors (Lipinski definition) is 2. The second kappa shape index (κ2) is 7.59. The first-order chi connectivity index (χ1) is 6.30. The fourth-order valence-corrected chi connectivity index (χ4v) is 0.882. The van der Waals surface area contributed by atoms with Gasteiger partial charge in [-0.1, -0.05) is 0 Å². The number of hydrogen-bond donors (Lipinski definition) is 2. The maximum atomic E-state index is 8.47. The van der Waals surface area contributed by atoms with Gasteiger partial charge in [0.15, 0.2) is 0 Å². The van der Waals surface area contributed by atoms with Crippen LogP contribution >= 0.6 is 0 Å². The SMILES string of the molecule is OB(O)[c-]1cccc1.[Fe].[cH-]1[cH-][cH-][cH-][cH-]1. The van der Waals surface area contributed by atoms with E-state index in [1.807, 2.05) is 30.3 Å². The van der Waals surface area contributed by atoms with Crippen molar-refractivity contribution < 1.29 is 27.1 Å². The fraction of sp³-hybridized carbons (Fsp3) is 0. The van der Waals surface area contributed by atoms with Crippen LogP contribution in [-0.2, 0) is 17.1 Å². The Bertz CT molecular complexity index is 273. The molecule has 0 aliphatic heterocycles. The third-order valence-corrected chi connectivity index (χ3v) is 1.54. The molecule has 80 valence electrons. The Balaban J connectivity index is 0.000000246. The van der Waals surface area contributed by atoms with Gasteiger partial charge < -0.3 is 40.4 Å². The van der Waals surface area contributed by atoms with Crippen LogP contribution in [0.1, 0.15) is 0 Å². The van der Waals surface area contributed by atoms with Crippen molar-refractivity contribution >= 4 is 12.6 Å². The monoisotopic (exact) mass is 230 g/mol. The Labute approximate surface area is 94.6 Å². The van der Waals surface area contributed by atoms with Gasteiger partial charge in [-0.05, 0) is 0 Å². The van der Waals surface area contributed by atoms with Crippen LogP contribution in [-0.4, -0.2) is 17.2 Å². The zero-order valence-corrected chi connectivity index (χ0v) is 8.63. The van der Waals surface area contributed by atoms with Crippen molar-refractivity contribution in [2.45, 2.75) is 0 Å². The van der Waals surface area contributed by atoms with E-state index < -0.39 is 7.12 Å². The van der Waals surface area contributed by atoms with Gasteiger partial charge in [0.2, 0.25) is 0 Å². The second-order valence-corrected chi connectivity index (χ2v) is 2.55. The molecule has 0 heterocycles. The van der Waals surface area contributed by atoms with E-state index in [2.05, 4.69) is 0 Å². The van der Waals surface area contributed by atoms with Gasteiger partial charge in [-0.25, -0.2) is 12.1 Å². The van der Waals surface area contributed by atoms with Crippen molar-refractivity contribution in [2.75, 3.05) is 0 Å². The second-order valence-electron chi connectivity index (χ2n) is 2.55. The Hall–Kier alpha value is -0.796. The predicted octanol–water partition coefficient (Wildman–Crippen LogP) is 0.488. The molecular weight excluding hydrogens is 219 g/mol. The molecule has 0 amide bonds. The largest absolute Gasteiger partial charge is 0.748 e. The fourth-order valence-electron chi connectivity index (χ4n) is 0.882. The predicted molar refractivity (Wildman–Crippen MR) is 53.9 cm³/mol. The van der Waals surface area contributed by atoms with Gasteiger partial charge >= 0.3 is 7.12 Å². The van der Waals surface area contributed by atoms with E-state index in [0.717, 1.165) is 0 Å². The van der Waals surface area contributed by atoms with Crippen LogP contribution in [0.15, 0.2) is 54.6 Å². The van der Waals surface area contributed by atoms with Crippen molar-refractivity contribution in [3.63, 3.8) is 0 Å². The molecular formula is C10H11BFeO2-6. The first-order valence-electron chi connectivity index (χ1n) is 4.05. The van der Waals surface area contributed by atoms with E-state index in [9.17, 15) is 0 Å². The van der Waals surface area contributed by atoms with Gasteiger partial charge in [-0.3, -0.25) is 0 Å². The summed E-state index contributed by atoms with van der Waals surface area (Å²) in [7, 11) is -1.31. The minimum absolute atomic E-state index is 0. The number of rotatable bonds is 1. The van der Waals surface area contributed by atoms with Gasteiger partial charge in [0.05, 0.1) is 0 Å². The molecule has 0 aliphatic carbocycles. The molecule has 0 atom stereocenters. The molecule has 0 aliphatic rings. The quantitative estimate of drug-likeness (QED) is 0.552. The average Bonchev–Trinajstić information content (AvgIpc) is 2.82. The van der Waals surface area contributed by atoms with Gasteiger partial charge in [0, 0.05) is 17.1 Å². The smallest absolute Gasteiger partial charge is 0.412 e. The van der Waals surface area contributed by atoms with E-state index in [0.29, 0.717) is 5.46 Å². The van der Waals surface area contributed by atoms with Crippen LogP contribution < -0.4 is 5.46 Å². The zero-order valence-electron chi connectivity index (χ0n) is 7.52. The molecule has 14 heavy (non-hydrogen) atoms. The van der Waals surface area contributed by atoms with E-state index in [1.165, 1.54) is 0 Å². The molecule has 0 radical (unpaired) electrons. The van der Waals surface area contributed by atoms with E-state index in [1.54, 1.807) is 24.3 Å². The summed E-state index contributed by atoms with van der Waals surface area (Å²) >= 11 is 0. The molecule has 0 bridgehead atoms. The maximum absolute atomic E-state index is 8.47. The summed E-state index contributed by atoms with van der Waals surface area (Å²) in [5, 5.41) is 16.9. The molecule has 0 fully saturated rings.